The molecule has 0 radical (unpaired) electrons. The predicted molar refractivity (Wildman–Crippen MR) is 78.8 cm³/mol. The van der Waals surface area contributed by atoms with Gasteiger partial charge in [-0.05, 0) is 19.1 Å². The van der Waals surface area contributed by atoms with Crippen molar-refractivity contribution in [3.05, 3.63) is 36.7 Å². The first kappa shape index (κ1) is 13.3. The van der Waals surface area contributed by atoms with Crippen molar-refractivity contribution in [1.29, 1.82) is 0 Å². The summed E-state index contributed by atoms with van der Waals surface area (Å²) in [7, 11) is 1.83. The zero-order valence-corrected chi connectivity index (χ0v) is 12.0. The first-order valence-electron chi connectivity index (χ1n) is 6.76. The summed E-state index contributed by atoms with van der Waals surface area (Å²) in [6.45, 7) is 2.67. The number of benzene rings is 1. The Kier molecular flexibility index (Phi) is 3.39. The van der Waals surface area contributed by atoms with Crippen molar-refractivity contribution in [3.63, 3.8) is 0 Å². The average Bonchev–Trinajstić information content (AvgIpc) is 3.07. The summed E-state index contributed by atoms with van der Waals surface area (Å²) in [5, 5.41) is 12.2. The Bertz CT molecular complexity index is 774. The molecule has 7 nitrogen and oxygen atoms in total. The van der Waals surface area contributed by atoms with Crippen LogP contribution in [-0.2, 0) is 18.4 Å². The van der Waals surface area contributed by atoms with Crippen molar-refractivity contribution >= 4 is 22.6 Å². The second-order valence-corrected chi connectivity index (χ2v) is 4.75. The van der Waals surface area contributed by atoms with Crippen LogP contribution in [0.3, 0.4) is 0 Å². The van der Waals surface area contributed by atoms with Gasteiger partial charge in [0.2, 0.25) is 5.91 Å². The van der Waals surface area contributed by atoms with Gasteiger partial charge in [0.15, 0.2) is 0 Å². The molecule has 0 spiro atoms. The zero-order valence-electron chi connectivity index (χ0n) is 12.0. The predicted octanol–water partition coefficient (Wildman–Crippen LogP) is 1.22. The molecule has 0 unspecified atom stereocenters. The summed E-state index contributed by atoms with van der Waals surface area (Å²) < 4.78 is 3.30. The Morgan fingerprint density at radius 2 is 2.14 bits per heavy atom. The van der Waals surface area contributed by atoms with Gasteiger partial charge < -0.3 is 4.90 Å². The van der Waals surface area contributed by atoms with Crippen molar-refractivity contribution in [3.8, 4) is 0 Å². The summed E-state index contributed by atoms with van der Waals surface area (Å²) in [6, 6.07) is 7.59. The van der Waals surface area contributed by atoms with Gasteiger partial charge in [-0.15, -0.1) is 5.10 Å². The van der Waals surface area contributed by atoms with Crippen LogP contribution in [0.2, 0.25) is 0 Å². The highest BCUT2D eigenvalue weighted by Gasteiger charge is 2.17. The van der Waals surface area contributed by atoms with Gasteiger partial charge in [-0.2, -0.15) is 5.10 Å². The molecule has 0 aliphatic rings. The van der Waals surface area contributed by atoms with Crippen LogP contribution in [0.4, 0.5) is 5.69 Å². The largest absolute Gasteiger partial charge is 0.308 e. The van der Waals surface area contributed by atoms with Crippen LogP contribution < -0.4 is 4.90 Å². The van der Waals surface area contributed by atoms with Crippen molar-refractivity contribution in [2.75, 3.05) is 11.4 Å². The molecule has 0 saturated carbocycles. The third kappa shape index (κ3) is 2.49. The maximum Gasteiger partial charge on any atom is 0.248 e. The second-order valence-electron chi connectivity index (χ2n) is 4.75. The highest BCUT2D eigenvalue weighted by molar-refractivity contribution is 5.93. The number of carbonyl (C=O) groups excluding carboxylic acids is 1. The minimum absolute atomic E-state index is 0.0406. The Morgan fingerprint density at radius 1 is 1.33 bits per heavy atom. The zero-order chi connectivity index (χ0) is 14.8. The molecule has 3 aromatic rings. The molecule has 2 heterocycles. The molecule has 108 valence electrons. The number of hydrogen-bond donors (Lipinski definition) is 0. The van der Waals surface area contributed by atoms with Crippen LogP contribution in [0.5, 0.6) is 0 Å². The summed E-state index contributed by atoms with van der Waals surface area (Å²) in [4.78, 5) is 14.2. The van der Waals surface area contributed by atoms with E-state index >= 15 is 0 Å². The molecule has 1 aromatic carbocycles. The first-order valence-corrected chi connectivity index (χ1v) is 6.76. The van der Waals surface area contributed by atoms with Crippen LogP contribution >= 0.6 is 0 Å². The summed E-state index contributed by atoms with van der Waals surface area (Å²) >= 11 is 0. The van der Waals surface area contributed by atoms with Crippen LogP contribution in [-0.4, -0.2) is 37.2 Å². The molecule has 0 bridgehead atoms. The van der Waals surface area contributed by atoms with Crippen LogP contribution in [0.25, 0.3) is 11.0 Å². The van der Waals surface area contributed by atoms with E-state index in [-0.39, 0.29) is 12.5 Å². The quantitative estimate of drug-likeness (QED) is 0.722. The number of hydrogen-bond acceptors (Lipinski definition) is 4. The maximum absolute atomic E-state index is 12.5. The number of amides is 1. The van der Waals surface area contributed by atoms with Crippen LogP contribution in [0.15, 0.2) is 36.7 Å². The second kappa shape index (κ2) is 5.35. The Morgan fingerprint density at radius 3 is 2.86 bits per heavy atom. The van der Waals surface area contributed by atoms with E-state index in [9.17, 15) is 4.79 Å². The van der Waals surface area contributed by atoms with E-state index in [1.54, 1.807) is 20.5 Å². The highest BCUT2D eigenvalue weighted by Crippen LogP contribution is 2.14. The Labute approximate surface area is 121 Å². The van der Waals surface area contributed by atoms with Crippen molar-refractivity contribution < 1.29 is 4.79 Å². The van der Waals surface area contributed by atoms with Gasteiger partial charge in [-0.1, -0.05) is 17.3 Å². The minimum atomic E-state index is -0.0406. The first-order chi connectivity index (χ1) is 10.2. The monoisotopic (exact) mass is 284 g/mol. The van der Waals surface area contributed by atoms with E-state index in [0.717, 1.165) is 16.7 Å². The standard InChI is InChI=1S/C14H16N6O/c1-3-19(11-8-15-18(2)9-11)14(21)10-20-13-7-5-4-6-12(13)16-17-20/h4-9H,3,10H2,1-2H3. The van der Waals surface area contributed by atoms with Crippen molar-refractivity contribution in [1.82, 2.24) is 24.8 Å². The fraction of sp³-hybridized carbons (Fsp3) is 0.286. The molecule has 0 N–H and O–H groups in total. The van der Waals surface area contributed by atoms with Gasteiger partial charge in [-0.25, -0.2) is 4.68 Å². The number of anilines is 1. The van der Waals surface area contributed by atoms with E-state index in [1.807, 2.05) is 44.4 Å². The van der Waals surface area contributed by atoms with E-state index in [4.69, 9.17) is 0 Å². The number of carbonyl (C=O) groups is 1. The molecule has 3 rings (SSSR count). The number of aryl methyl sites for hydroxylation is 1. The van der Waals surface area contributed by atoms with E-state index in [2.05, 4.69) is 15.4 Å². The van der Waals surface area contributed by atoms with Crippen LogP contribution in [0.1, 0.15) is 6.92 Å². The molecule has 0 atom stereocenters. The average molecular weight is 284 g/mol. The summed E-state index contributed by atoms with van der Waals surface area (Å²) in [6.07, 6.45) is 3.50. The van der Waals surface area contributed by atoms with Gasteiger partial charge in [0.05, 0.1) is 17.4 Å². The molecule has 0 fully saturated rings. The molecule has 0 aliphatic carbocycles. The third-order valence-electron chi connectivity index (χ3n) is 3.33. The number of para-hydroxylation sites is 1. The number of likely N-dealkylation sites (N-methyl/N-ethyl adjacent to an activating group) is 1. The van der Waals surface area contributed by atoms with Crippen molar-refractivity contribution in [2.24, 2.45) is 7.05 Å². The molecule has 1 amide bonds. The number of rotatable bonds is 4. The minimum Gasteiger partial charge on any atom is -0.308 e. The lowest BCUT2D eigenvalue weighted by atomic mass is 10.3. The number of fused-ring (bicyclic) bond motifs is 1. The fourth-order valence-electron chi connectivity index (χ4n) is 2.30. The molecule has 0 saturated heterocycles. The molecule has 0 aliphatic heterocycles. The third-order valence-corrected chi connectivity index (χ3v) is 3.33. The van der Waals surface area contributed by atoms with Gasteiger partial charge in [0.1, 0.15) is 12.1 Å². The highest BCUT2D eigenvalue weighted by atomic mass is 16.2. The van der Waals surface area contributed by atoms with E-state index in [0.29, 0.717) is 6.54 Å². The Hall–Kier alpha value is -2.70. The lowest BCUT2D eigenvalue weighted by Crippen LogP contribution is -2.33. The SMILES string of the molecule is CCN(C(=O)Cn1nnc2ccccc21)c1cnn(C)c1. The van der Waals surface area contributed by atoms with Gasteiger partial charge in [0, 0.05) is 19.8 Å². The maximum atomic E-state index is 12.5. The smallest absolute Gasteiger partial charge is 0.248 e. The Balaban J connectivity index is 1.85. The summed E-state index contributed by atoms with van der Waals surface area (Å²) in [5.41, 5.74) is 2.43. The van der Waals surface area contributed by atoms with Gasteiger partial charge in [-0.3, -0.25) is 9.48 Å². The topological polar surface area (TPSA) is 68.8 Å². The molecule has 7 heteroatoms. The number of aromatic nitrogens is 5. The molecular weight excluding hydrogens is 268 g/mol. The van der Waals surface area contributed by atoms with E-state index in [1.165, 1.54) is 0 Å². The number of nitrogens with zero attached hydrogens (tertiary/aromatic N) is 6. The molecular formula is C14H16N6O. The lowest BCUT2D eigenvalue weighted by molar-refractivity contribution is -0.119. The summed E-state index contributed by atoms with van der Waals surface area (Å²) in [5.74, 6) is -0.0406. The van der Waals surface area contributed by atoms with Crippen LogP contribution in [0, 0.1) is 0 Å². The molecule has 2 aromatic heterocycles. The van der Waals surface area contributed by atoms with Crippen molar-refractivity contribution in [2.45, 2.75) is 13.5 Å². The normalized spacial score (nSPS) is 11.0. The lowest BCUT2D eigenvalue weighted by Gasteiger charge is -2.18. The van der Waals surface area contributed by atoms with Gasteiger partial charge >= 0.3 is 0 Å². The molecule has 21 heavy (non-hydrogen) atoms. The van der Waals surface area contributed by atoms with E-state index < -0.39 is 0 Å². The fourth-order valence-corrected chi connectivity index (χ4v) is 2.30. The van der Waals surface area contributed by atoms with Gasteiger partial charge in [0.25, 0.3) is 0 Å².